The van der Waals surface area contributed by atoms with Gasteiger partial charge in [-0.2, -0.15) is 5.10 Å². The molecule has 8 heteroatoms. The van der Waals surface area contributed by atoms with Crippen LogP contribution < -0.4 is 16.2 Å². The van der Waals surface area contributed by atoms with Crippen LogP contribution in [-0.4, -0.2) is 45.2 Å². The molecule has 4 heterocycles. The fraction of sp³-hybridized carbons (Fsp3) is 0.364. The molecule has 0 radical (unpaired) electrons. The molecule has 7 nitrogen and oxygen atoms in total. The molecule has 0 saturated carbocycles. The summed E-state index contributed by atoms with van der Waals surface area (Å²) < 4.78 is 8.68. The van der Waals surface area contributed by atoms with Crippen molar-refractivity contribution in [1.82, 2.24) is 19.5 Å². The molecule has 30 heavy (non-hydrogen) atoms. The molecule has 4 N–H and O–H groups in total. The molecule has 1 aliphatic rings. The predicted octanol–water partition coefficient (Wildman–Crippen LogP) is 3.43. The van der Waals surface area contributed by atoms with Crippen LogP contribution in [0.25, 0.3) is 26.0 Å². The Kier molecular flexibility index (Phi) is 4.46. The molecule has 0 bridgehead atoms. The minimum absolute atomic E-state index is 0.135. The first-order chi connectivity index (χ1) is 14.3. The Morgan fingerprint density at radius 1 is 1.27 bits per heavy atom. The lowest BCUT2D eigenvalue weighted by Crippen LogP contribution is -2.39. The minimum Gasteiger partial charge on any atom is -0.495 e. The van der Waals surface area contributed by atoms with Gasteiger partial charge in [0, 0.05) is 35.6 Å². The van der Waals surface area contributed by atoms with E-state index in [1.807, 2.05) is 4.52 Å². The first-order valence-corrected chi connectivity index (χ1v) is 10.9. The van der Waals surface area contributed by atoms with Crippen molar-refractivity contribution in [2.24, 2.45) is 5.73 Å². The van der Waals surface area contributed by atoms with Gasteiger partial charge in [-0.05, 0) is 49.4 Å². The predicted molar refractivity (Wildman–Crippen MR) is 122 cm³/mol. The lowest BCUT2D eigenvalue weighted by molar-refractivity contribution is 0.304. The number of rotatable bonds is 4. The smallest absolute Gasteiger partial charge is 0.152 e. The number of thiophene rings is 1. The number of ether oxygens (including phenoxy) is 1. The van der Waals surface area contributed by atoms with Crippen LogP contribution in [0.1, 0.15) is 24.6 Å². The summed E-state index contributed by atoms with van der Waals surface area (Å²) in [6, 6.07) is 8.65. The number of anilines is 1. The molecule has 4 aromatic rings. The zero-order valence-corrected chi connectivity index (χ0v) is 18.3. The van der Waals surface area contributed by atoms with Crippen molar-refractivity contribution in [2.75, 3.05) is 25.9 Å². The summed E-state index contributed by atoms with van der Waals surface area (Å²) in [5.74, 6) is 1.38. The molecule has 1 aromatic carbocycles. The van der Waals surface area contributed by atoms with Crippen LogP contribution in [0.5, 0.6) is 5.75 Å². The lowest BCUT2D eigenvalue weighted by atomic mass is 10.0. The number of hydrogen-bond acceptors (Lipinski definition) is 7. The monoisotopic (exact) mass is 422 g/mol. The summed E-state index contributed by atoms with van der Waals surface area (Å²) in [4.78, 5) is 7.76. The van der Waals surface area contributed by atoms with Gasteiger partial charge in [0.2, 0.25) is 0 Å². The highest BCUT2D eigenvalue weighted by Gasteiger charge is 2.30. The van der Waals surface area contributed by atoms with Gasteiger partial charge < -0.3 is 16.2 Å². The van der Waals surface area contributed by atoms with Gasteiger partial charge in [-0.15, -0.1) is 11.3 Å². The van der Waals surface area contributed by atoms with Crippen molar-refractivity contribution >= 4 is 32.8 Å². The Bertz CT molecular complexity index is 1260. The van der Waals surface area contributed by atoms with Gasteiger partial charge in [0.25, 0.3) is 0 Å². The van der Waals surface area contributed by atoms with Gasteiger partial charge in [-0.3, -0.25) is 4.90 Å². The quantitative estimate of drug-likeness (QED) is 0.523. The number of likely N-dealkylation sites (tertiary alicyclic amines) is 1. The zero-order valence-electron chi connectivity index (χ0n) is 17.5. The minimum atomic E-state index is -0.135. The highest BCUT2D eigenvalue weighted by Crippen LogP contribution is 2.42. The van der Waals surface area contributed by atoms with Crippen LogP contribution in [0.2, 0.25) is 0 Å². The van der Waals surface area contributed by atoms with E-state index in [1.165, 1.54) is 17.3 Å². The Balaban J connectivity index is 1.64. The number of fused-ring (bicyclic) bond motifs is 2. The van der Waals surface area contributed by atoms with Crippen LogP contribution in [0.3, 0.4) is 0 Å². The maximum atomic E-state index is 6.33. The molecule has 3 aromatic heterocycles. The molecular formula is C22H26N6OS. The second kappa shape index (κ2) is 6.94. The summed E-state index contributed by atoms with van der Waals surface area (Å²) in [6.07, 6.45) is 2.51. The molecule has 0 amide bonds. The number of nitrogen functional groups attached to an aromatic ring is 1. The molecule has 156 valence electrons. The molecule has 1 fully saturated rings. The van der Waals surface area contributed by atoms with Gasteiger partial charge >= 0.3 is 0 Å². The van der Waals surface area contributed by atoms with Crippen molar-refractivity contribution in [1.29, 1.82) is 0 Å². The average molecular weight is 423 g/mol. The van der Waals surface area contributed by atoms with Crippen molar-refractivity contribution in [2.45, 2.75) is 32.4 Å². The van der Waals surface area contributed by atoms with Crippen LogP contribution in [0, 0.1) is 6.92 Å². The van der Waals surface area contributed by atoms with E-state index in [-0.39, 0.29) is 5.54 Å². The highest BCUT2D eigenvalue weighted by molar-refractivity contribution is 7.22. The van der Waals surface area contributed by atoms with Crippen molar-refractivity contribution < 1.29 is 4.74 Å². The molecule has 0 unspecified atom stereocenters. The summed E-state index contributed by atoms with van der Waals surface area (Å²) in [6.45, 7) is 6.82. The molecule has 1 saturated heterocycles. The maximum absolute atomic E-state index is 6.33. The Labute approximate surface area is 179 Å². The highest BCUT2D eigenvalue weighted by atomic mass is 32.1. The number of nitrogens with zero attached hydrogens (tertiary/aromatic N) is 4. The topological polar surface area (TPSA) is 94.7 Å². The summed E-state index contributed by atoms with van der Waals surface area (Å²) >= 11 is 1.71. The van der Waals surface area contributed by atoms with Gasteiger partial charge in [-0.25, -0.2) is 9.50 Å². The van der Waals surface area contributed by atoms with Gasteiger partial charge in [0.15, 0.2) is 5.82 Å². The summed E-state index contributed by atoms with van der Waals surface area (Å²) in [7, 11) is 1.71. The Hall–Kier alpha value is -2.68. The van der Waals surface area contributed by atoms with Crippen LogP contribution in [0.4, 0.5) is 5.82 Å². The number of hydrogen-bond donors (Lipinski definition) is 2. The molecule has 5 rings (SSSR count). The fourth-order valence-corrected chi connectivity index (χ4v) is 5.58. The number of aromatic nitrogens is 3. The number of benzene rings is 1. The summed E-state index contributed by atoms with van der Waals surface area (Å²) in [5.41, 5.74) is 16.7. The van der Waals surface area contributed by atoms with E-state index >= 15 is 0 Å². The third kappa shape index (κ3) is 3.21. The number of aryl methyl sites for hydroxylation is 1. The lowest BCUT2D eigenvalue weighted by Gasteiger charge is -2.19. The third-order valence-corrected chi connectivity index (χ3v) is 7.04. The van der Waals surface area contributed by atoms with Gasteiger partial charge in [-0.1, -0.05) is 6.07 Å². The van der Waals surface area contributed by atoms with Crippen molar-refractivity contribution in [3.63, 3.8) is 0 Å². The van der Waals surface area contributed by atoms with E-state index in [9.17, 15) is 0 Å². The number of nitrogens with two attached hydrogens (primary N) is 2. The van der Waals surface area contributed by atoms with Crippen LogP contribution in [-0.2, 0) is 6.54 Å². The second-order valence-electron chi connectivity index (χ2n) is 8.57. The maximum Gasteiger partial charge on any atom is 0.152 e. The Morgan fingerprint density at radius 3 is 2.83 bits per heavy atom. The second-order valence-corrected chi connectivity index (χ2v) is 9.62. The van der Waals surface area contributed by atoms with Crippen molar-refractivity contribution in [3.05, 3.63) is 41.9 Å². The average Bonchev–Trinajstić information content (AvgIpc) is 3.37. The SMILES string of the molecule is COc1cc(C)cc2cc(-c3cc(CN4CC[C@](C)(N)C4)n4ncnc(N)c34)sc12. The van der Waals surface area contributed by atoms with E-state index in [4.69, 9.17) is 16.2 Å². The Morgan fingerprint density at radius 2 is 2.10 bits per heavy atom. The largest absolute Gasteiger partial charge is 0.495 e. The van der Waals surface area contributed by atoms with Gasteiger partial charge in [0.1, 0.15) is 17.6 Å². The zero-order chi connectivity index (χ0) is 21.0. The van der Waals surface area contributed by atoms with Crippen LogP contribution in [0.15, 0.2) is 30.6 Å². The van der Waals surface area contributed by atoms with E-state index in [0.29, 0.717) is 5.82 Å². The molecule has 1 aliphatic heterocycles. The summed E-state index contributed by atoms with van der Waals surface area (Å²) in [5, 5.41) is 5.68. The van der Waals surface area contributed by atoms with E-state index in [0.717, 1.165) is 58.2 Å². The molecule has 0 aliphatic carbocycles. The standard InChI is InChI=1S/C22H26N6OS/c1-13-6-14-8-18(30-20(14)17(7-13)29-3)16-9-15(10-27-5-4-22(2,24)11-27)28-19(16)21(23)25-12-26-28/h6-9,12H,4-5,10-11,24H2,1-3H3,(H2,23,25,26)/t22-/m0/s1. The van der Waals surface area contributed by atoms with Crippen LogP contribution >= 0.6 is 11.3 Å². The van der Waals surface area contributed by atoms with E-state index in [1.54, 1.807) is 18.4 Å². The molecular weight excluding hydrogens is 396 g/mol. The van der Waals surface area contributed by atoms with Crippen molar-refractivity contribution in [3.8, 4) is 16.2 Å². The number of methoxy groups -OCH3 is 1. The third-order valence-electron chi connectivity index (χ3n) is 5.84. The van der Waals surface area contributed by atoms with E-state index in [2.05, 4.69) is 53.1 Å². The first-order valence-electron chi connectivity index (χ1n) is 10.1. The normalized spacial score (nSPS) is 19.9. The first kappa shape index (κ1) is 19.3. The van der Waals surface area contributed by atoms with E-state index < -0.39 is 0 Å². The molecule has 1 atom stereocenters. The fourth-order valence-electron chi connectivity index (χ4n) is 4.43. The van der Waals surface area contributed by atoms with Gasteiger partial charge in [0.05, 0.1) is 17.5 Å². The molecule has 0 spiro atoms.